The van der Waals surface area contributed by atoms with Crippen LogP contribution in [0.3, 0.4) is 0 Å². The van der Waals surface area contributed by atoms with Crippen molar-refractivity contribution in [1.82, 2.24) is 0 Å². The van der Waals surface area contributed by atoms with E-state index in [-0.39, 0.29) is 18.5 Å². The fourth-order valence-electron chi connectivity index (χ4n) is 1.16. The minimum absolute atomic E-state index is 0.116. The maximum absolute atomic E-state index is 10.8. The summed E-state index contributed by atoms with van der Waals surface area (Å²) in [6.07, 6.45) is 0.634. The standard InChI is InChI=1S/C7H14O3.C7H8/c1-3-6(5-8)7(9)10-4-2;1-7-5-3-2-4-6-7/h6,8H,3-5H2,1-2H3;2-6H,1H3. The molecule has 0 fully saturated rings. The average Bonchev–Trinajstić information content (AvgIpc) is 2.33. The van der Waals surface area contributed by atoms with Gasteiger partial charge >= 0.3 is 5.97 Å². The predicted octanol–water partition coefficient (Wildman–Crippen LogP) is 2.56. The highest BCUT2D eigenvalue weighted by Gasteiger charge is 2.15. The van der Waals surface area contributed by atoms with E-state index in [9.17, 15) is 4.79 Å². The summed E-state index contributed by atoms with van der Waals surface area (Å²) in [6.45, 7) is 5.95. The Hall–Kier alpha value is -1.35. The van der Waals surface area contributed by atoms with Crippen molar-refractivity contribution in [1.29, 1.82) is 0 Å². The monoisotopic (exact) mass is 238 g/mol. The SMILES string of the molecule is CCOC(=O)C(CC)CO.Cc1ccccc1. The number of hydrogen-bond donors (Lipinski definition) is 1. The average molecular weight is 238 g/mol. The van der Waals surface area contributed by atoms with Crippen molar-refractivity contribution in [2.45, 2.75) is 27.2 Å². The molecule has 3 nitrogen and oxygen atoms in total. The minimum atomic E-state index is -0.333. The smallest absolute Gasteiger partial charge is 0.311 e. The number of aliphatic hydroxyl groups is 1. The predicted molar refractivity (Wildman–Crippen MR) is 68.7 cm³/mol. The molecule has 1 N–H and O–H groups in total. The largest absolute Gasteiger partial charge is 0.466 e. The Bertz CT molecular complexity index is 292. The van der Waals surface area contributed by atoms with E-state index in [4.69, 9.17) is 5.11 Å². The maximum Gasteiger partial charge on any atom is 0.311 e. The van der Waals surface area contributed by atoms with Crippen molar-refractivity contribution in [3.63, 3.8) is 0 Å². The lowest BCUT2D eigenvalue weighted by Gasteiger charge is -2.08. The molecule has 0 aliphatic rings. The van der Waals surface area contributed by atoms with Gasteiger partial charge in [-0.1, -0.05) is 42.8 Å². The van der Waals surface area contributed by atoms with Crippen LogP contribution in [0.4, 0.5) is 0 Å². The number of benzene rings is 1. The highest BCUT2D eigenvalue weighted by Crippen LogP contribution is 2.02. The van der Waals surface area contributed by atoms with Crippen molar-refractivity contribution in [2.75, 3.05) is 13.2 Å². The molecule has 17 heavy (non-hydrogen) atoms. The van der Waals surface area contributed by atoms with E-state index >= 15 is 0 Å². The van der Waals surface area contributed by atoms with Crippen molar-refractivity contribution in [3.05, 3.63) is 35.9 Å². The van der Waals surface area contributed by atoms with Gasteiger partial charge in [0.1, 0.15) is 0 Å². The van der Waals surface area contributed by atoms with Crippen LogP contribution in [0.2, 0.25) is 0 Å². The summed E-state index contributed by atoms with van der Waals surface area (Å²) < 4.78 is 4.69. The third-order valence-electron chi connectivity index (χ3n) is 2.27. The quantitative estimate of drug-likeness (QED) is 0.820. The molecule has 0 amide bonds. The lowest BCUT2D eigenvalue weighted by atomic mass is 10.1. The Morgan fingerprint density at radius 1 is 1.29 bits per heavy atom. The summed E-state index contributed by atoms with van der Waals surface area (Å²) in [4.78, 5) is 10.8. The number of aryl methyl sites for hydroxylation is 1. The Morgan fingerprint density at radius 2 is 1.88 bits per heavy atom. The van der Waals surface area contributed by atoms with Crippen molar-refractivity contribution in [2.24, 2.45) is 5.92 Å². The van der Waals surface area contributed by atoms with Crippen LogP contribution in [-0.4, -0.2) is 24.3 Å². The van der Waals surface area contributed by atoms with Crippen LogP contribution in [0.25, 0.3) is 0 Å². The molecule has 96 valence electrons. The Morgan fingerprint density at radius 3 is 2.18 bits per heavy atom. The second-order valence-corrected chi connectivity index (χ2v) is 3.69. The number of hydrogen-bond acceptors (Lipinski definition) is 3. The topological polar surface area (TPSA) is 46.5 Å². The Balaban J connectivity index is 0.000000318. The van der Waals surface area contributed by atoms with E-state index in [0.717, 1.165) is 0 Å². The maximum atomic E-state index is 10.8. The number of rotatable bonds is 4. The van der Waals surface area contributed by atoms with E-state index in [2.05, 4.69) is 23.8 Å². The molecule has 0 aliphatic carbocycles. The van der Waals surface area contributed by atoms with Gasteiger partial charge in [0.25, 0.3) is 0 Å². The van der Waals surface area contributed by atoms with E-state index in [0.29, 0.717) is 13.0 Å². The van der Waals surface area contributed by atoms with Gasteiger partial charge in [0, 0.05) is 0 Å². The van der Waals surface area contributed by atoms with E-state index < -0.39 is 0 Å². The normalized spacial score (nSPS) is 11.1. The van der Waals surface area contributed by atoms with Gasteiger partial charge in [0.05, 0.1) is 19.1 Å². The summed E-state index contributed by atoms with van der Waals surface area (Å²) in [7, 11) is 0. The zero-order valence-corrected chi connectivity index (χ0v) is 10.8. The van der Waals surface area contributed by atoms with Gasteiger partial charge in [0.15, 0.2) is 0 Å². The molecule has 1 aromatic carbocycles. The zero-order chi connectivity index (χ0) is 13.1. The molecule has 0 aromatic heterocycles. The number of carbonyl (C=O) groups excluding carboxylic acids is 1. The second kappa shape index (κ2) is 9.85. The Kier molecular flexibility index (Phi) is 9.06. The third-order valence-corrected chi connectivity index (χ3v) is 2.27. The molecule has 1 unspecified atom stereocenters. The van der Waals surface area contributed by atoms with Crippen molar-refractivity contribution in [3.8, 4) is 0 Å². The van der Waals surface area contributed by atoms with Gasteiger partial charge < -0.3 is 9.84 Å². The fourth-order valence-corrected chi connectivity index (χ4v) is 1.16. The molecular weight excluding hydrogens is 216 g/mol. The summed E-state index contributed by atoms with van der Waals surface area (Å²) >= 11 is 0. The molecular formula is C14H22O3. The van der Waals surface area contributed by atoms with Crippen LogP contribution in [0.1, 0.15) is 25.8 Å². The van der Waals surface area contributed by atoms with Crippen LogP contribution in [0.15, 0.2) is 30.3 Å². The van der Waals surface area contributed by atoms with E-state index in [1.165, 1.54) is 5.56 Å². The molecule has 0 saturated carbocycles. The minimum Gasteiger partial charge on any atom is -0.466 e. The molecule has 0 radical (unpaired) electrons. The highest BCUT2D eigenvalue weighted by molar-refractivity contribution is 5.72. The van der Waals surface area contributed by atoms with Crippen LogP contribution >= 0.6 is 0 Å². The summed E-state index contributed by atoms with van der Waals surface area (Å²) in [5.74, 6) is -0.632. The molecule has 0 bridgehead atoms. The first-order valence-electron chi connectivity index (χ1n) is 5.94. The van der Waals surface area contributed by atoms with Crippen LogP contribution in [0.5, 0.6) is 0 Å². The summed E-state index contributed by atoms with van der Waals surface area (Å²) in [5, 5.41) is 8.62. The summed E-state index contributed by atoms with van der Waals surface area (Å²) in [6, 6.07) is 10.3. The first kappa shape index (κ1) is 15.7. The number of carbonyl (C=O) groups is 1. The second-order valence-electron chi connectivity index (χ2n) is 3.69. The number of ether oxygens (including phenoxy) is 1. The molecule has 0 saturated heterocycles. The molecule has 1 rings (SSSR count). The van der Waals surface area contributed by atoms with Gasteiger partial charge in [-0.05, 0) is 20.3 Å². The van der Waals surface area contributed by atoms with Crippen LogP contribution in [-0.2, 0) is 9.53 Å². The number of aliphatic hydroxyl groups excluding tert-OH is 1. The van der Waals surface area contributed by atoms with Gasteiger partial charge in [-0.25, -0.2) is 0 Å². The molecule has 1 aromatic rings. The van der Waals surface area contributed by atoms with Gasteiger partial charge in [-0.3, -0.25) is 4.79 Å². The molecule has 0 aliphatic heterocycles. The third kappa shape index (κ3) is 7.53. The first-order valence-corrected chi connectivity index (χ1v) is 5.94. The van der Waals surface area contributed by atoms with E-state index in [1.54, 1.807) is 6.92 Å². The molecule has 0 spiro atoms. The van der Waals surface area contributed by atoms with Crippen molar-refractivity contribution < 1.29 is 14.6 Å². The van der Waals surface area contributed by atoms with Gasteiger partial charge in [-0.15, -0.1) is 0 Å². The highest BCUT2D eigenvalue weighted by atomic mass is 16.5. The van der Waals surface area contributed by atoms with Crippen LogP contribution in [0, 0.1) is 12.8 Å². The zero-order valence-electron chi connectivity index (χ0n) is 10.8. The van der Waals surface area contributed by atoms with Crippen molar-refractivity contribution >= 4 is 5.97 Å². The fraction of sp³-hybridized carbons (Fsp3) is 0.500. The first-order chi connectivity index (χ1) is 8.15. The lowest BCUT2D eigenvalue weighted by Crippen LogP contribution is -2.20. The number of esters is 1. The van der Waals surface area contributed by atoms with Gasteiger partial charge in [0.2, 0.25) is 0 Å². The molecule has 0 heterocycles. The molecule has 3 heteroatoms. The molecule has 1 atom stereocenters. The van der Waals surface area contributed by atoms with Gasteiger partial charge in [-0.2, -0.15) is 0 Å². The summed E-state index contributed by atoms with van der Waals surface area (Å²) in [5.41, 5.74) is 1.32. The van der Waals surface area contributed by atoms with E-state index in [1.807, 2.05) is 25.1 Å². The van der Waals surface area contributed by atoms with Crippen LogP contribution < -0.4 is 0 Å². The lowest BCUT2D eigenvalue weighted by molar-refractivity contribution is -0.149. The Labute approximate surface area is 103 Å².